The van der Waals surface area contributed by atoms with Gasteiger partial charge in [0.25, 0.3) is 0 Å². The van der Waals surface area contributed by atoms with Gasteiger partial charge in [0, 0.05) is 31.3 Å². The number of hydrogen-bond donors (Lipinski definition) is 0. The zero-order valence-corrected chi connectivity index (χ0v) is 13.0. The molecule has 0 radical (unpaired) electrons. The molecule has 0 saturated carbocycles. The van der Waals surface area contributed by atoms with Crippen LogP contribution in [0, 0.1) is 0 Å². The molecular weight excluding hydrogens is 375 g/mol. The molecule has 1 aromatic rings. The van der Waals surface area contributed by atoms with Gasteiger partial charge in [0.1, 0.15) is 0 Å². The lowest BCUT2D eigenvalue weighted by molar-refractivity contribution is -0.142. The molecule has 1 amide bonds. The maximum Gasteiger partial charge on any atom is 0.434 e. The molecule has 0 N–H and O–H groups in total. The first-order valence-electron chi connectivity index (χ1n) is 5.76. The molecule has 5 nitrogen and oxygen atoms in total. The second kappa shape index (κ2) is 5.91. The summed E-state index contributed by atoms with van der Waals surface area (Å²) >= 11 is 3.73. The molecule has 0 aliphatic carbocycles. The molecule has 10 heteroatoms. The van der Waals surface area contributed by atoms with Gasteiger partial charge < -0.3 is 0 Å². The lowest BCUT2D eigenvalue weighted by atomic mass is 10.4. The van der Waals surface area contributed by atoms with Gasteiger partial charge >= 0.3 is 6.18 Å². The fourth-order valence-electron chi connectivity index (χ4n) is 1.87. The average molecular weight is 384 g/mol. The van der Waals surface area contributed by atoms with E-state index in [4.69, 9.17) is 0 Å². The predicted molar refractivity (Wildman–Crippen MR) is 73.8 cm³/mol. The number of carbonyl (C=O) groups is 2. The smallest absolute Gasteiger partial charge is 0.288 e. The highest BCUT2D eigenvalue weighted by Gasteiger charge is 2.38. The van der Waals surface area contributed by atoms with Gasteiger partial charge in [0.15, 0.2) is 10.8 Å². The van der Waals surface area contributed by atoms with Gasteiger partial charge in [-0.25, -0.2) is 9.97 Å². The van der Waals surface area contributed by atoms with Crippen molar-refractivity contribution < 1.29 is 22.8 Å². The van der Waals surface area contributed by atoms with E-state index in [2.05, 4.69) is 25.9 Å². The highest BCUT2D eigenvalue weighted by molar-refractivity contribution is 9.10. The Bertz CT molecular complexity index is 597. The van der Waals surface area contributed by atoms with E-state index in [0.29, 0.717) is 0 Å². The van der Waals surface area contributed by atoms with Gasteiger partial charge in [-0.05, 0) is 15.9 Å². The predicted octanol–water partition coefficient (Wildman–Crippen LogP) is 2.64. The van der Waals surface area contributed by atoms with Crippen molar-refractivity contribution in [3.63, 3.8) is 0 Å². The van der Waals surface area contributed by atoms with Crippen molar-refractivity contribution >= 4 is 44.7 Å². The molecule has 21 heavy (non-hydrogen) atoms. The van der Waals surface area contributed by atoms with Crippen LogP contribution in [0.25, 0.3) is 0 Å². The zero-order chi connectivity index (χ0) is 15.8. The molecule has 1 unspecified atom stereocenters. The summed E-state index contributed by atoms with van der Waals surface area (Å²) in [6.45, 7) is 1.48. The molecule has 0 spiro atoms. The third kappa shape index (κ3) is 3.73. The van der Waals surface area contributed by atoms with Crippen molar-refractivity contribution in [3.05, 3.63) is 16.4 Å². The topological polar surface area (TPSA) is 63.2 Å². The normalized spacial score (nSPS) is 19.2. The number of anilines is 1. The Morgan fingerprint density at radius 1 is 1.52 bits per heavy atom. The van der Waals surface area contributed by atoms with Crippen LogP contribution in [-0.4, -0.2) is 32.8 Å². The summed E-state index contributed by atoms with van der Waals surface area (Å²) in [6, 6.07) is 0. The van der Waals surface area contributed by atoms with E-state index < -0.39 is 17.8 Å². The van der Waals surface area contributed by atoms with Gasteiger partial charge in [-0.1, -0.05) is 11.8 Å². The summed E-state index contributed by atoms with van der Waals surface area (Å²) in [4.78, 5) is 31.1. The number of hydrogen-bond acceptors (Lipinski definition) is 5. The van der Waals surface area contributed by atoms with Gasteiger partial charge in [-0.3, -0.25) is 14.5 Å². The minimum absolute atomic E-state index is 0.0744. The first kappa shape index (κ1) is 16.2. The van der Waals surface area contributed by atoms with Crippen molar-refractivity contribution in [3.8, 4) is 0 Å². The van der Waals surface area contributed by atoms with E-state index in [0.717, 1.165) is 22.9 Å². The third-order valence-corrected chi connectivity index (χ3v) is 4.22. The molecule has 1 saturated heterocycles. The Kier molecular flexibility index (Phi) is 4.57. The fraction of sp³-hybridized carbons (Fsp3) is 0.455. The minimum atomic E-state index is -4.65. The quantitative estimate of drug-likeness (QED) is 0.785. The third-order valence-electron chi connectivity index (χ3n) is 2.66. The molecule has 1 aliphatic rings. The number of alkyl halides is 3. The number of carbonyl (C=O) groups excluding carboxylic acids is 2. The van der Waals surface area contributed by atoms with Crippen molar-refractivity contribution in [2.75, 3.05) is 11.4 Å². The Hall–Kier alpha value is -1.16. The second-order valence-corrected chi connectivity index (χ2v) is 6.64. The van der Waals surface area contributed by atoms with Crippen molar-refractivity contribution in [1.82, 2.24) is 9.97 Å². The summed E-state index contributed by atoms with van der Waals surface area (Å²) in [5.41, 5.74) is -1.14. The van der Waals surface area contributed by atoms with Gasteiger partial charge in [0.2, 0.25) is 11.9 Å². The van der Waals surface area contributed by atoms with E-state index >= 15 is 0 Å². The number of halogens is 4. The van der Waals surface area contributed by atoms with Gasteiger partial charge in [-0.15, -0.1) is 0 Å². The Morgan fingerprint density at radius 3 is 2.76 bits per heavy atom. The molecule has 0 bridgehead atoms. The SMILES string of the molecule is CC(=O)SC1CC(=O)N(c2ncc(Br)c(C(F)(F)F)n2)C1. The molecule has 114 valence electrons. The first-order valence-corrected chi connectivity index (χ1v) is 7.43. The van der Waals surface area contributed by atoms with E-state index in [1.807, 2.05) is 0 Å². The lowest BCUT2D eigenvalue weighted by Gasteiger charge is -2.16. The summed E-state index contributed by atoms with van der Waals surface area (Å²) in [5.74, 6) is -0.702. The van der Waals surface area contributed by atoms with E-state index in [-0.39, 0.29) is 33.8 Å². The van der Waals surface area contributed by atoms with Gasteiger partial charge in [-0.2, -0.15) is 13.2 Å². The highest BCUT2D eigenvalue weighted by atomic mass is 79.9. The van der Waals surface area contributed by atoms with Crippen LogP contribution in [-0.2, 0) is 15.8 Å². The Balaban J connectivity index is 2.27. The van der Waals surface area contributed by atoms with Crippen molar-refractivity contribution in [2.24, 2.45) is 0 Å². The van der Waals surface area contributed by atoms with Crippen LogP contribution >= 0.6 is 27.7 Å². The molecule has 1 atom stereocenters. The van der Waals surface area contributed by atoms with E-state index in [9.17, 15) is 22.8 Å². The average Bonchev–Trinajstić information content (AvgIpc) is 2.68. The summed E-state index contributed by atoms with van der Waals surface area (Å²) in [7, 11) is 0. The molecule has 0 aromatic carbocycles. The first-order chi connectivity index (χ1) is 9.68. The molecular formula is C11H9BrF3N3O2S. The maximum absolute atomic E-state index is 12.8. The number of thioether (sulfide) groups is 1. The van der Waals surface area contributed by atoms with E-state index in [1.165, 1.54) is 6.92 Å². The van der Waals surface area contributed by atoms with Crippen LogP contribution in [0.1, 0.15) is 19.0 Å². The number of amides is 1. The van der Waals surface area contributed by atoms with Crippen LogP contribution in [0.5, 0.6) is 0 Å². The fourth-order valence-corrected chi connectivity index (χ4v) is 3.20. The van der Waals surface area contributed by atoms with Crippen LogP contribution in [0.15, 0.2) is 10.7 Å². The summed E-state index contributed by atoms with van der Waals surface area (Å²) in [5, 5.41) is -0.445. The standard InChI is InChI=1S/C11H9BrF3N3O2S/c1-5(19)21-6-2-8(20)18(4-6)10-16-3-7(12)9(17-10)11(13,14)15/h3,6H,2,4H2,1H3. The largest absolute Gasteiger partial charge is 0.434 e. The lowest BCUT2D eigenvalue weighted by Crippen LogP contribution is -2.28. The number of rotatable bonds is 2. The van der Waals surface area contributed by atoms with Crippen molar-refractivity contribution in [1.29, 1.82) is 0 Å². The van der Waals surface area contributed by atoms with Crippen LogP contribution in [0.3, 0.4) is 0 Å². The van der Waals surface area contributed by atoms with Crippen molar-refractivity contribution in [2.45, 2.75) is 24.8 Å². The molecule has 1 aromatic heterocycles. The summed E-state index contributed by atoms with van der Waals surface area (Å²) < 4.78 is 38.1. The zero-order valence-electron chi connectivity index (χ0n) is 10.6. The number of nitrogens with zero attached hydrogens (tertiary/aromatic N) is 3. The maximum atomic E-state index is 12.8. The monoisotopic (exact) mass is 383 g/mol. The van der Waals surface area contributed by atoms with Crippen LogP contribution in [0.2, 0.25) is 0 Å². The van der Waals surface area contributed by atoms with Gasteiger partial charge in [0.05, 0.1) is 4.47 Å². The number of aromatic nitrogens is 2. The Morgan fingerprint density at radius 2 is 2.19 bits per heavy atom. The second-order valence-electron chi connectivity index (χ2n) is 4.30. The highest BCUT2D eigenvalue weighted by Crippen LogP contribution is 2.35. The molecule has 2 heterocycles. The molecule has 1 aliphatic heterocycles. The molecule has 2 rings (SSSR count). The Labute approximate surface area is 130 Å². The van der Waals surface area contributed by atoms with Crippen LogP contribution < -0.4 is 4.90 Å². The van der Waals surface area contributed by atoms with E-state index in [1.54, 1.807) is 0 Å². The molecule has 1 fully saturated rings. The van der Waals surface area contributed by atoms with Crippen LogP contribution in [0.4, 0.5) is 19.1 Å². The minimum Gasteiger partial charge on any atom is -0.288 e. The summed E-state index contributed by atoms with van der Waals surface area (Å²) in [6.07, 6.45) is -3.61.